The van der Waals surface area contributed by atoms with Crippen LogP contribution in [0.25, 0.3) is 0 Å². The van der Waals surface area contributed by atoms with Gasteiger partial charge in [-0.25, -0.2) is 0 Å². The lowest BCUT2D eigenvalue weighted by atomic mass is 10.2. The Hall–Kier alpha value is -0.0400. The second kappa shape index (κ2) is 4.76. The zero-order valence-corrected chi connectivity index (χ0v) is 7.90. The molecule has 0 saturated heterocycles. The Balaban J connectivity index is 1.73. The van der Waals surface area contributed by atoms with E-state index in [0.717, 1.165) is 11.8 Å². The molecule has 0 heterocycles. The summed E-state index contributed by atoms with van der Waals surface area (Å²) < 4.78 is 0. The third kappa shape index (κ3) is 5.25. The van der Waals surface area contributed by atoms with Crippen LogP contribution in [0.2, 0.25) is 0 Å². The van der Waals surface area contributed by atoms with Gasteiger partial charge in [-0.15, -0.1) is 0 Å². The van der Waals surface area contributed by atoms with E-state index in [-0.39, 0.29) is 0 Å². The van der Waals surface area contributed by atoms with Crippen molar-refractivity contribution < 1.29 is 0 Å². The van der Waals surface area contributed by atoms with Crippen LogP contribution >= 0.6 is 0 Å². The van der Waals surface area contributed by atoms with Crippen molar-refractivity contribution in [3.63, 3.8) is 0 Å². The highest BCUT2D eigenvalue weighted by Gasteiger charge is 2.19. The Morgan fingerprint density at radius 1 is 1.36 bits per heavy atom. The van der Waals surface area contributed by atoms with Crippen LogP contribution in [0.5, 0.6) is 0 Å². The summed E-state index contributed by atoms with van der Waals surface area (Å²) in [5, 5.41) is 3.47. The van der Waals surface area contributed by atoms with Crippen LogP contribution in [0, 0.1) is 11.8 Å². The maximum atomic E-state index is 3.47. The lowest BCUT2D eigenvalue weighted by Crippen LogP contribution is -2.20. The molecule has 0 amide bonds. The molecular formula is C10H21N. The molecule has 0 bridgehead atoms. The van der Waals surface area contributed by atoms with Gasteiger partial charge in [0.15, 0.2) is 0 Å². The van der Waals surface area contributed by atoms with Crippen LogP contribution in [0.1, 0.15) is 39.5 Å². The van der Waals surface area contributed by atoms with E-state index in [4.69, 9.17) is 0 Å². The first-order valence-corrected chi connectivity index (χ1v) is 4.99. The lowest BCUT2D eigenvalue weighted by Gasteiger charge is -2.06. The van der Waals surface area contributed by atoms with E-state index in [9.17, 15) is 0 Å². The molecule has 1 N–H and O–H groups in total. The maximum Gasteiger partial charge on any atom is -0.00258 e. The van der Waals surface area contributed by atoms with Crippen LogP contribution in [-0.4, -0.2) is 13.1 Å². The van der Waals surface area contributed by atoms with Gasteiger partial charge in [-0.2, -0.15) is 0 Å². The molecule has 11 heavy (non-hydrogen) atoms. The van der Waals surface area contributed by atoms with Gasteiger partial charge in [0.1, 0.15) is 0 Å². The Labute approximate surface area is 70.6 Å². The molecule has 0 aromatic heterocycles. The Kier molecular flexibility index (Phi) is 3.92. The van der Waals surface area contributed by atoms with E-state index < -0.39 is 0 Å². The van der Waals surface area contributed by atoms with Gasteiger partial charge >= 0.3 is 0 Å². The Morgan fingerprint density at radius 2 is 2.09 bits per heavy atom. The van der Waals surface area contributed by atoms with Gasteiger partial charge < -0.3 is 5.32 Å². The first-order chi connectivity index (χ1) is 5.29. The van der Waals surface area contributed by atoms with Crippen LogP contribution in [0.3, 0.4) is 0 Å². The van der Waals surface area contributed by atoms with Crippen LogP contribution in [0.15, 0.2) is 0 Å². The average molecular weight is 155 g/mol. The summed E-state index contributed by atoms with van der Waals surface area (Å²) in [6, 6.07) is 0. The SMILES string of the molecule is CC(C)CNCCCC1CC1. The third-order valence-corrected chi connectivity index (χ3v) is 2.22. The van der Waals surface area contributed by atoms with Crippen molar-refractivity contribution in [3.05, 3.63) is 0 Å². The second-order valence-electron chi connectivity index (χ2n) is 4.18. The highest BCUT2D eigenvalue weighted by molar-refractivity contribution is 4.72. The molecule has 1 rings (SSSR count). The molecule has 0 unspecified atom stereocenters. The molecule has 0 radical (unpaired) electrons. The van der Waals surface area contributed by atoms with Crippen molar-refractivity contribution >= 4 is 0 Å². The van der Waals surface area contributed by atoms with E-state index in [0.29, 0.717) is 0 Å². The molecule has 1 nitrogen and oxygen atoms in total. The normalized spacial score (nSPS) is 17.7. The van der Waals surface area contributed by atoms with Gasteiger partial charge in [-0.3, -0.25) is 0 Å². The highest BCUT2D eigenvalue weighted by Crippen LogP contribution is 2.33. The van der Waals surface area contributed by atoms with Gasteiger partial charge in [0.25, 0.3) is 0 Å². The fourth-order valence-corrected chi connectivity index (χ4v) is 1.31. The van der Waals surface area contributed by atoms with E-state index in [2.05, 4.69) is 19.2 Å². The van der Waals surface area contributed by atoms with Crippen LogP contribution in [0.4, 0.5) is 0 Å². The minimum absolute atomic E-state index is 0.802. The minimum Gasteiger partial charge on any atom is -0.316 e. The fraction of sp³-hybridized carbons (Fsp3) is 1.00. The fourth-order valence-electron chi connectivity index (χ4n) is 1.31. The summed E-state index contributed by atoms with van der Waals surface area (Å²) in [4.78, 5) is 0. The van der Waals surface area contributed by atoms with E-state index in [1.54, 1.807) is 0 Å². The predicted molar refractivity (Wildman–Crippen MR) is 49.7 cm³/mol. The van der Waals surface area contributed by atoms with Crippen molar-refractivity contribution in [3.8, 4) is 0 Å². The van der Waals surface area contributed by atoms with Gasteiger partial charge in [0.05, 0.1) is 0 Å². The zero-order chi connectivity index (χ0) is 8.10. The highest BCUT2D eigenvalue weighted by atomic mass is 14.8. The van der Waals surface area contributed by atoms with Gasteiger partial charge in [-0.1, -0.05) is 26.7 Å². The largest absolute Gasteiger partial charge is 0.316 e. The Bertz CT molecular complexity index is 91.0. The van der Waals surface area contributed by atoms with Gasteiger partial charge in [0, 0.05) is 0 Å². The maximum absolute atomic E-state index is 3.47. The number of hydrogen-bond acceptors (Lipinski definition) is 1. The monoisotopic (exact) mass is 155 g/mol. The van der Waals surface area contributed by atoms with Crippen molar-refractivity contribution in [2.24, 2.45) is 11.8 Å². The van der Waals surface area contributed by atoms with Crippen LogP contribution < -0.4 is 5.32 Å². The van der Waals surface area contributed by atoms with Gasteiger partial charge in [0.2, 0.25) is 0 Å². The smallest absolute Gasteiger partial charge is 0.00258 e. The summed E-state index contributed by atoms with van der Waals surface area (Å²) >= 11 is 0. The lowest BCUT2D eigenvalue weighted by molar-refractivity contribution is 0.526. The molecule has 0 aromatic carbocycles. The molecule has 1 aliphatic carbocycles. The third-order valence-electron chi connectivity index (χ3n) is 2.22. The molecule has 1 heteroatoms. The first-order valence-electron chi connectivity index (χ1n) is 4.99. The first kappa shape index (κ1) is 9.05. The van der Waals surface area contributed by atoms with Crippen LogP contribution in [-0.2, 0) is 0 Å². The summed E-state index contributed by atoms with van der Waals surface area (Å²) in [5.74, 6) is 1.91. The second-order valence-corrected chi connectivity index (χ2v) is 4.18. The van der Waals surface area contributed by atoms with Gasteiger partial charge in [-0.05, 0) is 37.8 Å². The Morgan fingerprint density at radius 3 is 2.64 bits per heavy atom. The molecule has 66 valence electrons. The quantitative estimate of drug-likeness (QED) is 0.581. The number of nitrogens with one attached hydrogen (secondary N) is 1. The molecule has 0 aliphatic heterocycles. The molecular weight excluding hydrogens is 134 g/mol. The predicted octanol–water partition coefficient (Wildman–Crippen LogP) is 2.42. The molecule has 0 aromatic rings. The molecule has 1 fully saturated rings. The molecule has 1 saturated carbocycles. The topological polar surface area (TPSA) is 12.0 Å². The molecule has 0 atom stereocenters. The zero-order valence-electron chi connectivity index (χ0n) is 7.90. The summed E-state index contributed by atoms with van der Waals surface area (Å²) in [5.41, 5.74) is 0. The number of rotatable bonds is 6. The molecule has 1 aliphatic rings. The summed E-state index contributed by atoms with van der Waals surface area (Å²) in [6.45, 7) is 6.93. The summed E-state index contributed by atoms with van der Waals surface area (Å²) in [6.07, 6.45) is 5.86. The minimum atomic E-state index is 0.802. The molecule has 0 spiro atoms. The van der Waals surface area contributed by atoms with Crippen molar-refractivity contribution in [2.75, 3.05) is 13.1 Å². The van der Waals surface area contributed by atoms with Crippen molar-refractivity contribution in [1.29, 1.82) is 0 Å². The summed E-state index contributed by atoms with van der Waals surface area (Å²) in [7, 11) is 0. The average Bonchev–Trinajstić information content (AvgIpc) is 2.70. The van der Waals surface area contributed by atoms with Crippen molar-refractivity contribution in [1.82, 2.24) is 5.32 Å². The van der Waals surface area contributed by atoms with E-state index in [1.165, 1.54) is 38.8 Å². The standard InChI is InChI=1S/C10H21N/c1-9(2)8-11-7-3-4-10-5-6-10/h9-11H,3-8H2,1-2H3. The van der Waals surface area contributed by atoms with Crippen molar-refractivity contribution in [2.45, 2.75) is 39.5 Å². The van der Waals surface area contributed by atoms with E-state index >= 15 is 0 Å². The number of hydrogen-bond donors (Lipinski definition) is 1. The van der Waals surface area contributed by atoms with E-state index in [1.807, 2.05) is 0 Å².